The van der Waals surface area contributed by atoms with E-state index in [1.54, 1.807) is 19.2 Å². The third-order valence-corrected chi connectivity index (χ3v) is 7.70. The summed E-state index contributed by atoms with van der Waals surface area (Å²) in [5.74, 6) is 0. The molecule has 1 atom stereocenters. The van der Waals surface area contributed by atoms with Crippen LogP contribution in [0.2, 0.25) is 5.02 Å². The fourth-order valence-electron chi connectivity index (χ4n) is 3.44. The Bertz CT molecular complexity index is 684. The van der Waals surface area contributed by atoms with Gasteiger partial charge in [0, 0.05) is 52.1 Å². The highest BCUT2D eigenvalue weighted by molar-refractivity contribution is 7.92. The van der Waals surface area contributed by atoms with Crippen molar-refractivity contribution < 1.29 is 13.2 Å². The quantitative estimate of drug-likeness (QED) is 0.792. The molecule has 0 spiro atoms. The number of methoxy groups -OCH3 is 1. The summed E-state index contributed by atoms with van der Waals surface area (Å²) in [4.78, 5) is 4.88. The SMILES string of the molecule is COCCN1CCN(c2ccc(S(=O)(=O)[C@H]3CCNC3)c(Cl)c2)CC1. The molecule has 25 heavy (non-hydrogen) atoms. The van der Waals surface area contributed by atoms with Crippen molar-refractivity contribution >= 4 is 27.1 Å². The van der Waals surface area contributed by atoms with E-state index in [2.05, 4.69) is 15.1 Å². The first-order chi connectivity index (χ1) is 12.0. The topological polar surface area (TPSA) is 61.9 Å². The van der Waals surface area contributed by atoms with Crippen molar-refractivity contribution in [3.63, 3.8) is 0 Å². The Morgan fingerprint density at radius 3 is 2.64 bits per heavy atom. The smallest absolute Gasteiger partial charge is 0.183 e. The molecule has 0 amide bonds. The fraction of sp³-hybridized carbons (Fsp3) is 0.647. The zero-order valence-electron chi connectivity index (χ0n) is 14.6. The van der Waals surface area contributed by atoms with Crippen LogP contribution in [0.4, 0.5) is 5.69 Å². The van der Waals surface area contributed by atoms with Crippen molar-refractivity contribution in [3.05, 3.63) is 23.2 Å². The normalized spacial score (nSPS) is 22.5. The summed E-state index contributed by atoms with van der Waals surface area (Å²) in [6, 6.07) is 5.34. The van der Waals surface area contributed by atoms with Gasteiger partial charge < -0.3 is 15.0 Å². The summed E-state index contributed by atoms with van der Waals surface area (Å²) >= 11 is 6.36. The van der Waals surface area contributed by atoms with E-state index < -0.39 is 9.84 Å². The van der Waals surface area contributed by atoms with E-state index in [1.165, 1.54) is 0 Å². The molecular formula is C17H26ClN3O3S. The van der Waals surface area contributed by atoms with Crippen LogP contribution < -0.4 is 10.2 Å². The number of piperazine rings is 1. The van der Waals surface area contributed by atoms with Crippen molar-refractivity contribution in [3.8, 4) is 0 Å². The molecule has 6 nitrogen and oxygen atoms in total. The molecule has 1 aromatic rings. The number of hydrogen-bond acceptors (Lipinski definition) is 6. The lowest BCUT2D eigenvalue weighted by Gasteiger charge is -2.36. The van der Waals surface area contributed by atoms with Gasteiger partial charge in [-0.2, -0.15) is 0 Å². The van der Waals surface area contributed by atoms with Crippen molar-refractivity contribution in [2.24, 2.45) is 0 Å². The lowest BCUT2D eigenvalue weighted by Crippen LogP contribution is -2.47. The van der Waals surface area contributed by atoms with Gasteiger partial charge in [-0.15, -0.1) is 0 Å². The maximum atomic E-state index is 12.7. The van der Waals surface area contributed by atoms with Gasteiger partial charge in [0.15, 0.2) is 9.84 Å². The summed E-state index contributed by atoms with van der Waals surface area (Å²) in [6.07, 6.45) is 0.643. The molecule has 1 aromatic carbocycles. The van der Waals surface area contributed by atoms with E-state index in [4.69, 9.17) is 16.3 Å². The highest BCUT2D eigenvalue weighted by Crippen LogP contribution is 2.31. The van der Waals surface area contributed by atoms with Crippen LogP contribution in [-0.2, 0) is 14.6 Å². The number of rotatable bonds is 6. The van der Waals surface area contributed by atoms with Gasteiger partial charge in [-0.3, -0.25) is 4.90 Å². The average Bonchev–Trinajstić information content (AvgIpc) is 3.15. The first kappa shape index (κ1) is 18.9. The standard InChI is InChI=1S/C17H26ClN3O3S/c1-24-11-10-20-6-8-21(9-7-20)14-2-3-17(16(18)12-14)25(22,23)15-4-5-19-13-15/h2-3,12,15,19H,4-11,13H2,1H3/t15-/m0/s1. The molecule has 2 saturated heterocycles. The number of hydrogen-bond donors (Lipinski definition) is 1. The maximum Gasteiger partial charge on any atom is 0.183 e. The van der Waals surface area contributed by atoms with Crippen molar-refractivity contribution in [1.29, 1.82) is 0 Å². The van der Waals surface area contributed by atoms with Gasteiger partial charge in [-0.1, -0.05) is 11.6 Å². The van der Waals surface area contributed by atoms with Crippen LogP contribution in [0.15, 0.2) is 23.1 Å². The molecule has 3 rings (SSSR count). The van der Waals surface area contributed by atoms with E-state index in [9.17, 15) is 8.42 Å². The van der Waals surface area contributed by atoms with E-state index in [0.29, 0.717) is 18.0 Å². The van der Waals surface area contributed by atoms with Gasteiger partial charge in [0.1, 0.15) is 0 Å². The zero-order valence-corrected chi connectivity index (χ0v) is 16.2. The highest BCUT2D eigenvalue weighted by atomic mass is 35.5. The minimum Gasteiger partial charge on any atom is -0.383 e. The maximum absolute atomic E-state index is 12.7. The van der Waals surface area contributed by atoms with Gasteiger partial charge in [0.2, 0.25) is 0 Å². The number of benzene rings is 1. The van der Waals surface area contributed by atoms with Crippen LogP contribution >= 0.6 is 11.6 Å². The Kier molecular flexibility index (Phi) is 6.22. The molecule has 140 valence electrons. The van der Waals surface area contributed by atoms with Crippen LogP contribution in [0.5, 0.6) is 0 Å². The van der Waals surface area contributed by atoms with Gasteiger partial charge >= 0.3 is 0 Å². The predicted molar refractivity (Wildman–Crippen MR) is 100 cm³/mol. The van der Waals surface area contributed by atoms with Crippen LogP contribution in [0, 0.1) is 0 Å². The number of anilines is 1. The molecule has 1 N–H and O–H groups in total. The fourth-order valence-corrected chi connectivity index (χ4v) is 5.65. The molecule has 0 aliphatic carbocycles. The van der Waals surface area contributed by atoms with Crippen LogP contribution in [0.1, 0.15) is 6.42 Å². The minimum absolute atomic E-state index is 0.255. The van der Waals surface area contributed by atoms with Crippen molar-refractivity contribution in [2.45, 2.75) is 16.6 Å². The Hall–Kier alpha value is -0.860. The number of ether oxygens (including phenoxy) is 1. The van der Waals surface area contributed by atoms with E-state index in [-0.39, 0.29) is 10.1 Å². The Balaban J connectivity index is 1.68. The lowest BCUT2D eigenvalue weighted by molar-refractivity contribution is 0.144. The van der Waals surface area contributed by atoms with Gasteiger partial charge in [-0.25, -0.2) is 8.42 Å². The second-order valence-corrected chi connectivity index (χ2v) is 9.20. The molecule has 2 aliphatic rings. The van der Waals surface area contributed by atoms with Gasteiger partial charge in [0.05, 0.1) is 21.8 Å². The molecule has 8 heteroatoms. The molecule has 0 unspecified atom stereocenters. The predicted octanol–water partition coefficient (Wildman–Crippen LogP) is 1.24. The van der Waals surface area contributed by atoms with Crippen LogP contribution in [0.25, 0.3) is 0 Å². The molecule has 0 saturated carbocycles. The van der Waals surface area contributed by atoms with Crippen molar-refractivity contribution in [2.75, 3.05) is 64.4 Å². The minimum atomic E-state index is -3.37. The first-order valence-electron chi connectivity index (χ1n) is 8.73. The van der Waals surface area contributed by atoms with Crippen molar-refractivity contribution in [1.82, 2.24) is 10.2 Å². The third-order valence-electron chi connectivity index (χ3n) is 5.02. The Morgan fingerprint density at radius 1 is 1.28 bits per heavy atom. The first-order valence-corrected chi connectivity index (χ1v) is 10.6. The molecular weight excluding hydrogens is 362 g/mol. The molecule has 0 radical (unpaired) electrons. The number of halogens is 1. The second-order valence-electron chi connectivity index (χ2n) is 6.60. The Labute approximate surface area is 155 Å². The monoisotopic (exact) mass is 387 g/mol. The summed E-state index contributed by atoms with van der Waals surface area (Å²) in [7, 11) is -1.65. The lowest BCUT2D eigenvalue weighted by atomic mass is 10.2. The van der Waals surface area contributed by atoms with Gasteiger partial charge in [0.25, 0.3) is 0 Å². The summed E-state index contributed by atoms with van der Waals surface area (Å²) in [5.41, 5.74) is 0.986. The van der Waals surface area contributed by atoms with E-state index in [0.717, 1.165) is 51.6 Å². The number of sulfone groups is 1. The number of nitrogens with zero attached hydrogens (tertiary/aromatic N) is 2. The second kappa shape index (κ2) is 8.22. The average molecular weight is 388 g/mol. The zero-order chi connectivity index (χ0) is 17.9. The summed E-state index contributed by atoms with van der Waals surface area (Å²) in [5, 5.41) is 3.06. The Morgan fingerprint density at radius 2 is 2.04 bits per heavy atom. The van der Waals surface area contributed by atoms with Gasteiger partial charge in [-0.05, 0) is 31.2 Å². The summed E-state index contributed by atoms with van der Waals surface area (Å²) in [6.45, 7) is 6.67. The molecule has 2 aliphatic heterocycles. The van der Waals surface area contributed by atoms with E-state index >= 15 is 0 Å². The molecule has 2 fully saturated rings. The number of nitrogens with one attached hydrogen (secondary N) is 1. The van der Waals surface area contributed by atoms with Crippen LogP contribution in [0.3, 0.4) is 0 Å². The van der Waals surface area contributed by atoms with E-state index in [1.807, 2.05) is 6.07 Å². The molecule has 0 bridgehead atoms. The largest absolute Gasteiger partial charge is 0.383 e. The summed E-state index contributed by atoms with van der Waals surface area (Å²) < 4.78 is 30.6. The molecule has 2 heterocycles. The third kappa shape index (κ3) is 4.28. The van der Waals surface area contributed by atoms with Crippen LogP contribution in [-0.4, -0.2) is 78.1 Å². The highest BCUT2D eigenvalue weighted by Gasteiger charge is 2.32. The molecule has 0 aromatic heterocycles.